The van der Waals surface area contributed by atoms with Crippen LogP contribution in [0.1, 0.15) is 13.3 Å². The van der Waals surface area contributed by atoms with Gasteiger partial charge in [-0.3, -0.25) is 0 Å². The Labute approximate surface area is 38.3 Å². The van der Waals surface area contributed by atoms with Gasteiger partial charge < -0.3 is 4.74 Å². The lowest BCUT2D eigenvalue weighted by Crippen LogP contribution is -1.95. The lowest BCUT2D eigenvalue weighted by Gasteiger charge is -1.93. The fraction of sp³-hybridized carbons (Fsp3) is 0.800. The molecule has 0 aliphatic carbocycles. The average Bonchev–Trinajstić information content (AvgIpc) is 1.86. The minimum absolute atomic E-state index is 0.296. The van der Waals surface area contributed by atoms with Crippen LogP contribution in [0, 0.1) is 6.42 Å². The predicted octanol–water partition coefficient (Wildman–Crippen LogP) is 0.876. The quantitative estimate of drug-likeness (QED) is 0.423. The Balaban J connectivity index is 2.18. The summed E-state index contributed by atoms with van der Waals surface area (Å²) < 4.78 is 5.04. The van der Waals surface area contributed by atoms with Crippen LogP contribution in [0.3, 0.4) is 0 Å². The second kappa shape index (κ2) is 1.61. The van der Waals surface area contributed by atoms with Crippen LogP contribution >= 0.6 is 0 Å². The van der Waals surface area contributed by atoms with E-state index in [9.17, 15) is 0 Å². The van der Waals surface area contributed by atoms with Crippen molar-refractivity contribution in [3.63, 3.8) is 0 Å². The maximum atomic E-state index is 5.04. The zero-order valence-corrected chi connectivity index (χ0v) is 3.90. The van der Waals surface area contributed by atoms with E-state index in [-0.39, 0.29) is 0 Å². The first-order chi connectivity index (χ1) is 2.89. The second-order valence-corrected chi connectivity index (χ2v) is 1.47. The van der Waals surface area contributed by atoms with Gasteiger partial charge in [0.2, 0.25) is 0 Å². The normalized spacial score (nSPS) is 34.5. The second-order valence-electron chi connectivity index (χ2n) is 1.47. The Morgan fingerprint density at radius 1 is 1.83 bits per heavy atom. The lowest BCUT2D eigenvalue weighted by molar-refractivity contribution is 0.136. The van der Waals surface area contributed by atoms with Gasteiger partial charge in [-0.15, -0.1) is 0 Å². The van der Waals surface area contributed by atoms with Gasteiger partial charge in [0.1, 0.15) is 0 Å². The molecular weight excluding hydrogens is 76.1 g/mol. The molecule has 34 valence electrons. The molecule has 0 spiro atoms. The van der Waals surface area contributed by atoms with Gasteiger partial charge in [-0.1, -0.05) is 0 Å². The highest BCUT2D eigenvalue weighted by Crippen LogP contribution is 2.07. The molecule has 1 heterocycles. The van der Waals surface area contributed by atoms with E-state index < -0.39 is 0 Å². The first kappa shape index (κ1) is 4.13. The minimum atomic E-state index is 0.296. The minimum Gasteiger partial charge on any atom is -0.378 e. The molecule has 2 radical (unpaired) electrons. The third-order valence-electron chi connectivity index (χ3n) is 0.902. The van der Waals surface area contributed by atoms with Gasteiger partial charge in [0.25, 0.3) is 0 Å². The number of rotatable bonds is 0. The molecule has 0 aromatic rings. The van der Waals surface area contributed by atoms with Gasteiger partial charge in [-0.05, 0) is 13.3 Å². The van der Waals surface area contributed by atoms with E-state index >= 15 is 0 Å². The standard InChI is InChI=1S/C5H8O/c1-5-3-2-4-6-5/h5H,2,4H2,1H3. The third kappa shape index (κ3) is 0.716. The van der Waals surface area contributed by atoms with Crippen molar-refractivity contribution in [2.24, 2.45) is 0 Å². The van der Waals surface area contributed by atoms with E-state index in [1.807, 2.05) is 6.92 Å². The molecule has 1 fully saturated rings. The third-order valence-corrected chi connectivity index (χ3v) is 0.902. The van der Waals surface area contributed by atoms with Crippen molar-refractivity contribution in [1.82, 2.24) is 0 Å². The molecular formula is C5H8O. The Morgan fingerprint density at radius 3 is 2.83 bits per heavy atom. The van der Waals surface area contributed by atoms with E-state index in [1.54, 1.807) is 0 Å². The summed E-state index contributed by atoms with van der Waals surface area (Å²) in [6, 6.07) is 0. The maximum Gasteiger partial charge on any atom is 0.0617 e. The van der Waals surface area contributed by atoms with Crippen LogP contribution < -0.4 is 0 Å². The van der Waals surface area contributed by atoms with Gasteiger partial charge in [-0.25, -0.2) is 0 Å². The van der Waals surface area contributed by atoms with Crippen molar-refractivity contribution < 1.29 is 4.74 Å². The molecule has 6 heavy (non-hydrogen) atoms. The van der Waals surface area contributed by atoms with Crippen molar-refractivity contribution in [3.8, 4) is 0 Å². The van der Waals surface area contributed by atoms with Crippen LogP contribution in [-0.2, 0) is 4.74 Å². The lowest BCUT2D eigenvalue weighted by atomic mass is 10.3. The predicted molar refractivity (Wildman–Crippen MR) is 23.3 cm³/mol. The topological polar surface area (TPSA) is 9.23 Å². The molecule has 1 rings (SSSR count). The van der Waals surface area contributed by atoms with Crippen LogP contribution in [0.15, 0.2) is 0 Å². The summed E-state index contributed by atoms with van der Waals surface area (Å²) in [6.45, 7) is 2.88. The van der Waals surface area contributed by atoms with Gasteiger partial charge in [0, 0.05) is 13.0 Å². The average molecular weight is 84.1 g/mol. The first-order valence-electron chi connectivity index (χ1n) is 2.24. The van der Waals surface area contributed by atoms with Crippen molar-refractivity contribution in [2.45, 2.75) is 19.4 Å². The molecule has 0 N–H and O–H groups in total. The molecule has 0 aromatic heterocycles. The van der Waals surface area contributed by atoms with Gasteiger partial charge in [0.15, 0.2) is 0 Å². The van der Waals surface area contributed by atoms with Crippen LogP contribution in [-0.4, -0.2) is 12.7 Å². The smallest absolute Gasteiger partial charge is 0.0617 e. The monoisotopic (exact) mass is 84.1 g/mol. The Bertz CT molecular complexity index is 37.2. The first-order valence-corrected chi connectivity index (χ1v) is 2.24. The molecule has 1 atom stereocenters. The number of hydrogen-bond donors (Lipinski definition) is 0. The van der Waals surface area contributed by atoms with Crippen molar-refractivity contribution in [2.75, 3.05) is 6.61 Å². The zero-order chi connectivity index (χ0) is 4.41. The summed E-state index contributed by atoms with van der Waals surface area (Å²) in [6.07, 6.45) is 4.41. The van der Waals surface area contributed by atoms with Crippen LogP contribution in [0.2, 0.25) is 0 Å². The molecule has 0 aromatic carbocycles. The highest BCUT2D eigenvalue weighted by Gasteiger charge is 2.08. The highest BCUT2D eigenvalue weighted by atomic mass is 16.5. The summed E-state index contributed by atoms with van der Waals surface area (Å²) in [5.41, 5.74) is 0. The van der Waals surface area contributed by atoms with Gasteiger partial charge >= 0.3 is 0 Å². The summed E-state index contributed by atoms with van der Waals surface area (Å²) in [5.74, 6) is 0. The Kier molecular flexibility index (Phi) is 1.10. The summed E-state index contributed by atoms with van der Waals surface area (Å²) in [5, 5.41) is 0. The fourth-order valence-electron chi connectivity index (χ4n) is 0.557. The van der Waals surface area contributed by atoms with Crippen molar-refractivity contribution in [1.29, 1.82) is 0 Å². The van der Waals surface area contributed by atoms with Gasteiger partial charge in [-0.2, -0.15) is 0 Å². The fourth-order valence-corrected chi connectivity index (χ4v) is 0.557. The summed E-state index contributed by atoms with van der Waals surface area (Å²) in [4.78, 5) is 0. The van der Waals surface area contributed by atoms with E-state index in [0.29, 0.717) is 6.10 Å². The Hall–Kier alpha value is -0.0400. The molecule has 0 amide bonds. The molecule has 0 bridgehead atoms. The maximum absolute atomic E-state index is 5.04. The summed E-state index contributed by atoms with van der Waals surface area (Å²) >= 11 is 0. The van der Waals surface area contributed by atoms with Crippen LogP contribution in [0.25, 0.3) is 0 Å². The SMILES string of the molecule is CC1[C]CCO1. The van der Waals surface area contributed by atoms with Crippen molar-refractivity contribution >= 4 is 0 Å². The molecule has 1 nitrogen and oxygen atoms in total. The molecule has 0 saturated carbocycles. The van der Waals surface area contributed by atoms with Gasteiger partial charge in [0.05, 0.1) is 6.10 Å². The molecule has 1 saturated heterocycles. The van der Waals surface area contributed by atoms with E-state index in [1.165, 1.54) is 0 Å². The highest BCUT2D eigenvalue weighted by molar-refractivity contribution is 4.77. The van der Waals surface area contributed by atoms with Crippen LogP contribution in [0.4, 0.5) is 0 Å². The molecule has 1 aliphatic heterocycles. The molecule has 1 heteroatoms. The zero-order valence-electron chi connectivity index (χ0n) is 3.90. The largest absolute Gasteiger partial charge is 0.378 e. The summed E-state index contributed by atoms with van der Waals surface area (Å²) in [7, 11) is 0. The number of hydrogen-bond acceptors (Lipinski definition) is 1. The van der Waals surface area contributed by atoms with E-state index in [2.05, 4.69) is 6.42 Å². The molecule has 1 aliphatic rings. The van der Waals surface area contributed by atoms with Crippen molar-refractivity contribution in [3.05, 3.63) is 6.42 Å². The molecule has 1 unspecified atom stereocenters. The number of ether oxygens (including phenoxy) is 1. The van der Waals surface area contributed by atoms with Crippen LogP contribution in [0.5, 0.6) is 0 Å². The Morgan fingerprint density at radius 2 is 2.67 bits per heavy atom. The van der Waals surface area contributed by atoms with E-state index in [0.717, 1.165) is 13.0 Å². The van der Waals surface area contributed by atoms with E-state index in [4.69, 9.17) is 4.74 Å².